The van der Waals surface area contributed by atoms with Gasteiger partial charge in [0.25, 0.3) is 0 Å². The lowest BCUT2D eigenvalue weighted by molar-refractivity contribution is -0.116. The van der Waals surface area contributed by atoms with Crippen molar-refractivity contribution in [2.45, 2.75) is 19.8 Å². The van der Waals surface area contributed by atoms with Crippen molar-refractivity contribution in [2.75, 3.05) is 5.32 Å². The Bertz CT molecular complexity index is 891. The Balaban J connectivity index is 1.57. The van der Waals surface area contributed by atoms with Crippen molar-refractivity contribution in [1.82, 2.24) is 4.98 Å². The summed E-state index contributed by atoms with van der Waals surface area (Å²) in [6.45, 7) is 1.67. The molecule has 3 rings (SSSR count). The maximum absolute atomic E-state index is 13.5. The number of hydrogen-bond acceptors (Lipinski definition) is 3. The number of benzene rings is 2. The second kappa shape index (κ2) is 7.49. The zero-order chi connectivity index (χ0) is 17.8. The van der Waals surface area contributed by atoms with Gasteiger partial charge in [0.2, 0.25) is 5.91 Å². The number of aryl methyl sites for hydroxylation is 2. The van der Waals surface area contributed by atoms with E-state index in [9.17, 15) is 9.18 Å². The van der Waals surface area contributed by atoms with Crippen LogP contribution in [0.4, 0.5) is 10.1 Å². The molecule has 0 saturated carbocycles. The van der Waals surface area contributed by atoms with E-state index in [1.165, 1.54) is 6.07 Å². The van der Waals surface area contributed by atoms with Crippen molar-refractivity contribution < 1.29 is 13.6 Å². The predicted molar refractivity (Wildman–Crippen MR) is 95.0 cm³/mol. The minimum atomic E-state index is -0.349. The maximum Gasteiger partial charge on any atom is 0.224 e. The molecule has 128 valence electrons. The van der Waals surface area contributed by atoms with Gasteiger partial charge in [-0.05, 0) is 48.9 Å². The molecule has 0 bridgehead atoms. The van der Waals surface area contributed by atoms with Gasteiger partial charge in [-0.2, -0.15) is 0 Å². The maximum atomic E-state index is 13.5. The Morgan fingerprint density at radius 1 is 1.24 bits per heavy atom. The highest BCUT2D eigenvalue weighted by Gasteiger charge is 2.10. The third-order valence-corrected chi connectivity index (χ3v) is 3.96. The van der Waals surface area contributed by atoms with Crippen LogP contribution in [-0.4, -0.2) is 10.9 Å². The van der Waals surface area contributed by atoms with Crippen LogP contribution in [0.3, 0.4) is 0 Å². The fourth-order valence-corrected chi connectivity index (χ4v) is 2.41. The van der Waals surface area contributed by atoms with Crippen molar-refractivity contribution in [2.24, 2.45) is 0 Å². The number of oxazole rings is 1. The Kier molecular flexibility index (Phi) is 5.14. The van der Waals surface area contributed by atoms with E-state index in [4.69, 9.17) is 16.0 Å². The highest BCUT2D eigenvalue weighted by Crippen LogP contribution is 2.23. The number of nitrogens with one attached hydrogen (secondary N) is 1. The summed E-state index contributed by atoms with van der Waals surface area (Å²) in [5, 5.41) is 3.31. The minimum Gasteiger partial charge on any atom is -0.441 e. The fourth-order valence-electron chi connectivity index (χ4n) is 2.29. The molecule has 6 heteroatoms. The summed E-state index contributed by atoms with van der Waals surface area (Å²) in [7, 11) is 0. The lowest BCUT2D eigenvalue weighted by atomic mass is 10.2. The van der Waals surface area contributed by atoms with Crippen molar-refractivity contribution >= 4 is 23.2 Å². The monoisotopic (exact) mass is 358 g/mol. The molecule has 0 aliphatic heterocycles. The average Bonchev–Trinajstić information content (AvgIpc) is 3.06. The minimum absolute atomic E-state index is 0.191. The van der Waals surface area contributed by atoms with E-state index >= 15 is 0 Å². The molecule has 0 saturated heterocycles. The van der Waals surface area contributed by atoms with E-state index in [1.807, 2.05) is 12.1 Å². The van der Waals surface area contributed by atoms with Gasteiger partial charge in [0.05, 0.1) is 6.20 Å². The zero-order valence-corrected chi connectivity index (χ0v) is 14.3. The summed E-state index contributed by atoms with van der Waals surface area (Å²) in [6, 6.07) is 11.8. The van der Waals surface area contributed by atoms with E-state index in [2.05, 4.69) is 10.3 Å². The molecule has 25 heavy (non-hydrogen) atoms. The quantitative estimate of drug-likeness (QED) is 0.697. The lowest BCUT2D eigenvalue weighted by Gasteiger charge is -2.05. The molecular weight excluding hydrogens is 343 g/mol. The number of rotatable bonds is 5. The molecule has 0 unspecified atom stereocenters. The van der Waals surface area contributed by atoms with Gasteiger partial charge in [-0.15, -0.1) is 0 Å². The standard InChI is InChI=1S/C19H16ClFN2O2/c1-12-2-7-15(10-16(12)21)23-18(24)8-9-19-22-11-17(25-19)13-3-5-14(20)6-4-13/h2-7,10-11H,8-9H2,1H3,(H,23,24). The lowest BCUT2D eigenvalue weighted by Crippen LogP contribution is -2.12. The van der Waals surface area contributed by atoms with Crippen molar-refractivity contribution in [3.63, 3.8) is 0 Å². The second-order valence-corrected chi connectivity index (χ2v) is 6.07. The van der Waals surface area contributed by atoms with Gasteiger partial charge < -0.3 is 9.73 Å². The molecule has 1 heterocycles. The van der Waals surface area contributed by atoms with Gasteiger partial charge in [-0.1, -0.05) is 17.7 Å². The number of aromatic nitrogens is 1. The first-order valence-corrected chi connectivity index (χ1v) is 8.16. The Labute approximate surface area is 149 Å². The predicted octanol–water partition coefficient (Wildman–Crippen LogP) is 5.01. The summed E-state index contributed by atoms with van der Waals surface area (Å²) in [4.78, 5) is 16.2. The molecule has 3 aromatic rings. The molecule has 0 fully saturated rings. The van der Waals surface area contributed by atoms with E-state index < -0.39 is 0 Å². The summed E-state index contributed by atoms with van der Waals surface area (Å²) < 4.78 is 19.1. The molecule has 0 aliphatic rings. The molecule has 0 radical (unpaired) electrons. The topological polar surface area (TPSA) is 55.1 Å². The first-order valence-electron chi connectivity index (χ1n) is 7.78. The normalized spacial score (nSPS) is 10.7. The molecule has 1 amide bonds. The first kappa shape index (κ1) is 17.2. The summed E-state index contributed by atoms with van der Waals surface area (Å²) in [5.74, 6) is 0.510. The fraction of sp³-hybridized carbons (Fsp3) is 0.158. The van der Waals surface area contributed by atoms with Crippen molar-refractivity contribution in [3.8, 4) is 11.3 Å². The molecule has 2 aromatic carbocycles. The third-order valence-electron chi connectivity index (χ3n) is 3.70. The molecule has 0 aliphatic carbocycles. The number of amides is 1. The van der Waals surface area contributed by atoms with Gasteiger partial charge in [-0.3, -0.25) is 4.79 Å². The first-order chi connectivity index (χ1) is 12.0. The smallest absolute Gasteiger partial charge is 0.224 e. The highest BCUT2D eigenvalue weighted by atomic mass is 35.5. The van der Waals surface area contributed by atoms with E-state index in [0.29, 0.717) is 34.3 Å². The van der Waals surface area contributed by atoms with Crippen LogP contribution in [0.5, 0.6) is 0 Å². The third kappa shape index (κ3) is 4.45. The van der Waals surface area contributed by atoms with Crippen LogP contribution in [0.15, 0.2) is 53.1 Å². The number of halogens is 2. The summed E-state index contributed by atoms with van der Waals surface area (Å²) in [6.07, 6.45) is 2.16. The second-order valence-electron chi connectivity index (χ2n) is 5.64. The Hall–Kier alpha value is -2.66. The van der Waals surface area contributed by atoms with E-state index in [0.717, 1.165) is 5.56 Å². The molecule has 1 N–H and O–H groups in total. The summed E-state index contributed by atoms with van der Waals surface area (Å²) in [5.41, 5.74) is 1.83. The number of nitrogens with zero attached hydrogens (tertiary/aromatic N) is 1. The van der Waals surface area contributed by atoms with E-state index in [1.54, 1.807) is 37.4 Å². The SMILES string of the molecule is Cc1ccc(NC(=O)CCc2ncc(-c3ccc(Cl)cc3)o2)cc1F. The van der Waals surface area contributed by atoms with Gasteiger partial charge in [0.1, 0.15) is 5.82 Å². The van der Waals surface area contributed by atoms with Crippen LogP contribution in [0.2, 0.25) is 5.02 Å². The molecule has 0 atom stereocenters. The number of anilines is 1. The van der Waals surface area contributed by atoms with Gasteiger partial charge in [0.15, 0.2) is 11.7 Å². The molecule has 0 spiro atoms. The van der Waals surface area contributed by atoms with Crippen LogP contribution in [0.25, 0.3) is 11.3 Å². The van der Waals surface area contributed by atoms with Crippen LogP contribution in [-0.2, 0) is 11.2 Å². The van der Waals surface area contributed by atoms with Crippen LogP contribution < -0.4 is 5.32 Å². The Morgan fingerprint density at radius 2 is 2.00 bits per heavy atom. The van der Waals surface area contributed by atoms with Gasteiger partial charge in [-0.25, -0.2) is 9.37 Å². The summed E-state index contributed by atoms with van der Waals surface area (Å²) >= 11 is 5.86. The number of carbonyl (C=O) groups excluding carboxylic acids is 1. The highest BCUT2D eigenvalue weighted by molar-refractivity contribution is 6.30. The van der Waals surface area contributed by atoms with Crippen LogP contribution >= 0.6 is 11.6 Å². The van der Waals surface area contributed by atoms with Crippen LogP contribution in [0.1, 0.15) is 17.9 Å². The Morgan fingerprint density at radius 3 is 2.72 bits per heavy atom. The van der Waals surface area contributed by atoms with Gasteiger partial charge >= 0.3 is 0 Å². The van der Waals surface area contributed by atoms with Crippen molar-refractivity contribution in [1.29, 1.82) is 0 Å². The molecule has 1 aromatic heterocycles. The van der Waals surface area contributed by atoms with Crippen molar-refractivity contribution in [3.05, 3.63) is 71.0 Å². The molecular formula is C19H16ClFN2O2. The largest absolute Gasteiger partial charge is 0.441 e. The average molecular weight is 359 g/mol. The molecule has 4 nitrogen and oxygen atoms in total. The van der Waals surface area contributed by atoms with Gasteiger partial charge in [0, 0.05) is 29.1 Å². The number of hydrogen-bond donors (Lipinski definition) is 1. The zero-order valence-electron chi connectivity index (χ0n) is 13.6. The van der Waals surface area contributed by atoms with E-state index in [-0.39, 0.29) is 18.1 Å². The van der Waals surface area contributed by atoms with Crippen LogP contribution in [0, 0.1) is 12.7 Å². The number of carbonyl (C=O) groups is 1.